The molecule has 0 fully saturated rings. The number of carbonyl (C=O) groups is 2. The SMILES string of the molecule is C=C1COc2cc3ccccc3cc2C(=O)NCCCCCCNC(=O)c2cc3ccccc3cc2OC1. The molecular weight excluding hydrogens is 476 g/mol. The number of nitrogens with one attached hydrogen (secondary N) is 2. The maximum absolute atomic E-state index is 13.1. The van der Waals surface area contributed by atoms with Crippen molar-refractivity contribution in [3.8, 4) is 11.5 Å². The van der Waals surface area contributed by atoms with Gasteiger partial charge >= 0.3 is 0 Å². The van der Waals surface area contributed by atoms with Crippen molar-refractivity contribution in [1.82, 2.24) is 10.6 Å². The van der Waals surface area contributed by atoms with Crippen LogP contribution in [0.1, 0.15) is 46.4 Å². The molecule has 6 heteroatoms. The van der Waals surface area contributed by atoms with Crippen LogP contribution in [0.5, 0.6) is 11.5 Å². The van der Waals surface area contributed by atoms with Gasteiger partial charge in [0.15, 0.2) is 0 Å². The molecule has 1 aliphatic heterocycles. The van der Waals surface area contributed by atoms with Crippen LogP contribution >= 0.6 is 0 Å². The van der Waals surface area contributed by atoms with Gasteiger partial charge in [0.25, 0.3) is 11.8 Å². The number of benzene rings is 4. The summed E-state index contributed by atoms with van der Waals surface area (Å²) in [7, 11) is 0. The zero-order valence-electron chi connectivity index (χ0n) is 21.4. The van der Waals surface area contributed by atoms with Crippen LogP contribution in [0.25, 0.3) is 21.5 Å². The van der Waals surface area contributed by atoms with Crippen molar-refractivity contribution in [2.75, 3.05) is 26.3 Å². The lowest BCUT2D eigenvalue weighted by Crippen LogP contribution is -2.25. The smallest absolute Gasteiger partial charge is 0.255 e. The Morgan fingerprint density at radius 1 is 0.579 bits per heavy atom. The molecule has 1 aliphatic rings. The van der Waals surface area contributed by atoms with Gasteiger partial charge in [-0.2, -0.15) is 0 Å². The highest BCUT2D eigenvalue weighted by Gasteiger charge is 2.17. The van der Waals surface area contributed by atoms with Gasteiger partial charge in [-0.1, -0.05) is 68.0 Å². The third-order valence-corrected chi connectivity index (χ3v) is 6.72. The van der Waals surface area contributed by atoms with Crippen LogP contribution in [0.15, 0.2) is 84.9 Å². The first-order chi connectivity index (χ1) is 18.6. The van der Waals surface area contributed by atoms with Crippen LogP contribution in [0, 0.1) is 0 Å². The van der Waals surface area contributed by atoms with Crippen LogP contribution < -0.4 is 20.1 Å². The fourth-order valence-corrected chi connectivity index (χ4v) is 4.63. The lowest BCUT2D eigenvalue weighted by Gasteiger charge is -2.16. The molecule has 0 aliphatic carbocycles. The normalized spacial score (nSPS) is 16.1. The molecule has 2 N–H and O–H groups in total. The van der Waals surface area contributed by atoms with E-state index in [2.05, 4.69) is 17.2 Å². The second-order valence-electron chi connectivity index (χ2n) is 9.64. The summed E-state index contributed by atoms with van der Waals surface area (Å²) in [4.78, 5) is 26.1. The maximum atomic E-state index is 13.1. The third-order valence-electron chi connectivity index (χ3n) is 6.72. The van der Waals surface area contributed by atoms with Crippen molar-refractivity contribution in [2.45, 2.75) is 25.7 Å². The first-order valence-corrected chi connectivity index (χ1v) is 13.1. The average molecular weight is 509 g/mol. The summed E-state index contributed by atoms with van der Waals surface area (Å²) < 4.78 is 12.2. The van der Waals surface area contributed by atoms with Gasteiger partial charge in [-0.15, -0.1) is 0 Å². The van der Waals surface area contributed by atoms with Crippen molar-refractivity contribution in [3.05, 3.63) is 96.1 Å². The van der Waals surface area contributed by atoms with E-state index in [1.807, 2.05) is 72.8 Å². The van der Waals surface area contributed by atoms with Crippen molar-refractivity contribution in [1.29, 1.82) is 0 Å². The summed E-state index contributed by atoms with van der Waals surface area (Å²) in [6.07, 6.45) is 3.65. The summed E-state index contributed by atoms with van der Waals surface area (Å²) in [6.45, 7) is 5.63. The molecule has 5 rings (SSSR count). The number of rotatable bonds is 0. The third kappa shape index (κ3) is 5.97. The zero-order chi connectivity index (χ0) is 26.3. The Morgan fingerprint density at radius 2 is 0.974 bits per heavy atom. The fraction of sp³-hybridized carbons (Fsp3) is 0.250. The Kier molecular flexibility index (Phi) is 7.88. The monoisotopic (exact) mass is 508 g/mol. The van der Waals surface area contributed by atoms with E-state index in [0.717, 1.165) is 47.2 Å². The number of carbonyl (C=O) groups excluding carboxylic acids is 2. The van der Waals surface area contributed by atoms with Crippen LogP contribution in [0.3, 0.4) is 0 Å². The average Bonchev–Trinajstić information content (AvgIpc) is 2.94. The van der Waals surface area contributed by atoms with Crippen LogP contribution in [0.2, 0.25) is 0 Å². The molecule has 0 saturated heterocycles. The Balaban J connectivity index is 1.41. The molecule has 4 aromatic rings. The van der Waals surface area contributed by atoms with E-state index in [1.54, 1.807) is 0 Å². The molecule has 0 atom stereocenters. The number of fused-ring (bicyclic) bond motifs is 4. The van der Waals surface area contributed by atoms with E-state index in [9.17, 15) is 9.59 Å². The molecule has 0 bridgehead atoms. The lowest BCUT2D eigenvalue weighted by atomic mass is 10.1. The Morgan fingerprint density at radius 3 is 1.39 bits per heavy atom. The minimum Gasteiger partial charge on any atom is -0.488 e. The second-order valence-corrected chi connectivity index (χ2v) is 9.64. The summed E-state index contributed by atoms with van der Waals surface area (Å²) in [5.41, 5.74) is 1.69. The standard InChI is InChI=1S/C32H32N2O4/c1-22-20-37-29-18-25-12-6-4-10-23(25)16-27(29)31(35)33-14-8-2-3-9-15-34-32(36)28-17-24-11-5-7-13-26(24)19-30(28)38-21-22/h4-7,10-13,16-19H,1-3,8-9,14-15,20-21H2,(H,33,35)(H,34,36). The van der Waals surface area contributed by atoms with Crippen LogP contribution in [-0.2, 0) is 0 Å². The van der Waals surface area contributed by atoms with Gasteiger partial charge in [-0.3, -0.25) is 9.59 Å². The van der Waals surface area contributed by atoms with Crippen molar-refractivity contribution >= 4 is 33.4 Å². The van der Waals surface area contributed by atoms with Crippen LogP contribution in [0.4, 0.5) is 0 Å². The summed E-state index contributed by atoms with van der Waals surface area (Å²) in [5, 5.41) is 10.00. The number of hydrogen-bond donors (Lipinski definition) is 2. The molecule has 0 unspecified atom stereocenters. The predicted octanol–water partition coefficient (Wildman–Crippen LogP) is 6.04. The molecule has 1 heterocycles. The zero-order valence-corrected chi connectivity index (χ0v) is 21.4. The first kappa shape index (κ1) is 25.3. The first-order valence-electron chi connectivity index (χ1n) is 13.1. The van der Waals surface area contributed by atoms with Crippen molar-refractivity contribution < 1.29 is 19.1 Å². The molecule has 0 aromatic heterocycles. The Labute approximate surface area is 222 Å². The lowest BCUT2D eigenvalue weighted by molar-refractivity contribution is 0.0940. The topological polar surface area (TPSA) is 76.7 Å². The van der Waals surface area contributed by atoms with Crippen molar-refractivity contribution in [3.63, 3.8) is 0 Å². The van der Waals surface area contributed by atoms with Gasteiger partial charge in [0.1, 0.15) is 24.7 Å². The summed E-state index contributed by atoms with van der Waals surface area (Å²) >= 11 is 0. The molecule has 194 valence electrons. The van der Waals surface area contributed by atoms with Gasteiger partial charge in [0.05, 0.1) is 11.1 Å². The maximum Gasteiger partial charge on any atom is 0.255 e. The van der Waals surface area contributed by atoms with Gasteiger partial charge in [-0.05, 0) is 64.2 Å². The molecule has 0 saturated carbocycles. The highest BCUT2D eigenvalue weighted by Crippen LogP contribution is 2.28. The molecule has 0 radical (unpaired) electrons. The van der Waals surface area contributed by atoms with E-state index in [0.29, 0.717) is 41.3 Å². The summed E-state index contributed by atoms with van der Waals surface area (Å²) in [6, 6.07) is 23.3. The predicted molar refractivity (Wildman–Crippen MR) is 151 cm³/mol. The van der Waals surface area contributed by atoms with E-state index in [4.69, 9.17) is 9.47 Å². The Hall–Kier alpha value is -4.32. The Bertz CT molecular complexity index is 1380. The number of amides is 2. The molecule has 4 aromatic carbocycles. The van der Waals surface area contributed by atoms with Gasteiger partial charge in [0.2, 0.25) is 0 Å². The molecule has 2 amide bonds. The van der Waals surface area contributed by atoms with Gasteiger partial charge in [0, 0.05) is 13.1 Å². The van der Waals surface area contributed by atoms with Crippen LogP contribution in [-0.4, -0.2) is 38.1 Å². The van der Waals surface area contributed by atoms with E-state index in [-0.39, 0.29) is 25.0 Å². The molecular formula is C32H32N2O4. The van der Waals surface area contributed by atoms with Crippen molar-refractivity contribution in [2.24, 2.45) is 0 Å². The highest BCUT2D eigenvalue weighted by atomic mass is 16.5. The minimum absolute atomic E-state index is 0.154. The fourth-order valence-electron chi connectivity index (χ4n) is 4.63. The van der Waals surface area contributed by atoms with E-state index < -0.39 is 0 Å². The highest BCUT2D eigenvalue weighted by molar-refractivity contribution is 6.02. The van der Waals surface area contributed by atoms with E-state index in [1.165, 1.54) is 0 Å². The minimum atomic E-state index is -0.154. The number of hydrogen-bond acceptors (Lipinski definition) is 4. The van der Waals surface area contributed by atoms with Gasteiger partial charge < -0.3 is 20.1 Å². The largest absolute Gasteiger partial charge is 0.488 e. The molecule has 38 heavy (non-hydrogen) atoms. The van der Waals surface area contributed by atoms with Gasteiger partial charge in [-0.25, -0.2) is 0 Å². The van der Waals surface area contributed by atoms with E-state index >= 15 is 0 Å². The quantitative estimate of drug-likeness (QED) is 0.284. The second kappa shape index (κ2) is 11.8. The molecule has 0 spiro atoms. The number of ether oxygens (including phenoxy) is 2. The molecule has 6 nitrogen and oxygen atoms in total. The summed E-state index contributed by atoms with van der Waals surface area (Å²) in [5.74, 6) is 0.703.